The lowest BCUT2D eigenvalue weighted by Gasteiger charge is -2.41. The fourth-order valence-corrected chi connectivity index (χ4v) is 3.84. The Hall–Kier alpha value is -0.460. The van der Waals surface area contributed by atoms with Crippen LogP contribution in [0.25, 0.3) is 0 Å². The Morgan fingerprint density at radius 3 is 2.74 bits per heavy atom. The van der Waals surface area contributed by atoms with Crippen molar-refractivity contribution in [2.75, 3.05) is 19.0 Å². The van der Waals surface area contributed by atoms with Crippen LogP contribution in [0.5, 0.6) is 0 Å². The van der Waals surface area contributed by atoms with Gasteiger partial charge in [-0.3, -0.25) is 0 Å². The molecule has 0 aromatic carbocycles. The molecule has 0 unspecified atom stereocenters. The zero-order chi connectivity index (χ0) is 13.9. The highest BCUT2D eigenvalue weighted by Gasteiger charge is 2.45. The van der Waals surface area contributed by atoms with Crippen LogP contribution in [-0.4, -0.2) is 47.2 Å². The Labute approximate surface area is 118 Å². The summed E-state index contributed by atoms with van der Waals surface area (Å²) in [5, 5.41) is 12.1. The number of nitrogens with one attached hydrogen (secondary N) is 1. The molecule has 2 atom stereocenters. The van der Waals surface area contributed by atoms with E-state index in [2.05, 4.69) is 19.2 Å². The molecule has 0 aromatic rings. The average molecular weight is 289 g/mol. The van der Waals surface area contributed by atoms with Crippen LogP contribution in [-0.2, 0) is 9.47 Å². The molecule has 0 bridgehead atoms. The first-order chi connectivity index (χ1) is 9.01. The van der Waals surface area contributed by atoms with E-state index in [1.807, 2.05) is 11.8 Å². The molecule has 1 amide bonds. The van der Waals surface area contributed by atoms with Crippen molar-refractivity contribution >= 4 is 17.9 Å². The van der Waals surface area contributed by atoms with Gasteiger partial charge in [-0.1, -0.05) is 13.8 Å². The van der Waals surface area contributed by atoms with Crippen LogP contribution in [0.2, 0.25) is 0 Å². The van der Waals surface area contributed by atoms with E-state index in [4.69, 9.17) is 14.6 Å². The SMILES string of the molecule is CC(C)SC[C@H]1CC2(CC[C@@H]1NC(=O)O)OCCO2. The van der Waals surface area contributed by atoms with Gasteiger partial charge in [-0.05, 0) is 23.3 Å². The smallest absolute Gasteiger partial charge is 0.404 e. The topological polar surface area (TPSA) is 67.8 Å². The molecule has 0 aromatic heterocycles. The van der Waals surface area contributed by atoms with Gasteiger partial charge in [-0.2, -0.15) is 11.8 Å². The van der Waals surface area contributed by atoms with E-state index in [1.165, 1.54) is 0 Å². The summed E-state index contributed by atoms with van der Waals surface area (Å²) in [6.45, 7) is 5.62. The molecule has 2 aliphatic rings. The highest BCUT2D eigenvalue weighted by molar-refractivity contribution is 7.99. The standard InChI is InChI=1S/C13H23NO4S/c1-9(2)19-8-10-7-13(17-5-6-18-13)4-3-11(10)14-12(15)16/h9-11,14H,3-8H2,1-2H3,(H,15,16)/t10-,11+/m1/s1. The fourth-order valence-electron chi connectivity index (χ4n) is 2.85. The lowest BCUT2D eigenvalue weighted by molar-refractivity contribution is -0.188. The first kappa shape index (κ1) is 14.9. The van der Waals surface area contributed by atoms with Crippen LogP contribution in [0.4, 0.5) is 4.79 Å². The fraction of sp³-hybridized carbons (Fsp3) is 0.923. The van der Waals surface area contributed by atoms with Gasteiger partial charge in [0.05, 0.1) is 13.2 Å². The molecular formula is C13H23NO4S. The quantitative estimate of drug-likeness (QED) is 0.831. The molecule has 1 spiro atoms. The second-order valence-corrected chi connectivity index (χ2v) is 7.16. The summed E-state index contributed by atoms with van der Waals surface area (Å²) in [4.78, 5) is 10.9. The van der Waals surface area contributed by atoms with E-state index < -0.39 is 11.9 Å². The Bertz CT molecular complexity index is 318. The van der Waals surface area contributed by atoms with Gasteiger partial charge in [-0.15, -0.1) is 0 Å². The molecule has 1 saturated carbocycles. The van der Waals surface area contributed by atoms with Crippen LogP contribution < -0.4 is 5.32 Å². The lowest BCUT2D eigenvalue weighted by Crippen LogP contribution is -2.50. The lowest BCUT2D eigenvalue weighted by atomic mass is 9.81. The van der Waals surface area contributed by atoms with Gasteiger partial charge in [0.1, 0.15) is 0 Å². The molecule has 2 fully saturated rings. The third-order valence-corrected chi connectivity index (χ3v) is 5.03. The van der Waals surface area contributed by atoms with E-state index in [9.17, 15) is 4.79 Å². The third-order valence-electron chi connectivity index (χ3n) is 3.74. The maximum absolute atomic E-state index is 10.9. The van der Waals surface area contributed by atoms with Crippen molar-refractivity contribution in [3.63, 3.8) is 0 Å². The van der Waals surface area contributed by atoms with Crippen molar-refractivity contribution in [2.45, 2.75) is 50.2 Å². The van der Waals surface area contributed by atoms with Crippen LogP contribution in [0.15, 0.2) is 0 Å². The molecule has 19 heavy (non-hydrogen) atoms. The normalized spacial score (nSPS) is 29.8. The number of ether oxygens (including phenoxy) is 2. The molecule has 0 radical (unpaired) electrons. The van der Waals surface area contributed by atoms with Gasteiger partial charge < -0.3 is 19.9 Å². The molecule has 1 saturated heterocycles. The highest BCUT2D eigenvalue weighted by atomic mass is 32.2. The van der Waals surface area contributed by atoms with Crippen LogP contribution in [0.1, 0.15) is 33.1 Å². The zero-order valence-corrected chi connectivity index (χ0v) is 12.4. The van der Waals surface area contributed by atoms with Crippen molar-refractivity contribution in [2.24, 2.45) is 5.92 Å². The predicted molar refractivity (Wildman–Crippen MR) is 74.5 cm³/mol. The Balaban J connectivity index is 1.98. The molecule has 110 valence electrons. The van der Waals surface area contributed by atoms with Gasteiger partial charge in [-0.25, -0.2) is 4.79 Å². The number of hydrogen-bond acceptors (Lipinski definition) is 4. The molecule has 5 nitrogen and oxygen atoms in total. The second-order valence-electron chi connectivity index (χ2n) is 5.55. The van der Waals surface area contributed by atoms with Gasteiger partial charge in [0.2, 0.25) is 0 Å². The summed E-state index contributed by atoms with van der Waals surface area (Å²) in [6, 6.07) is 0.0159. The van der Waals surface area contributed by atoms with Crippen molar-refractivity contribution in [3.8, 4) is 0 Å². The molecule has 1 aliphatic heterocycles. The summed E-state index contributed by atoms with van der Waals surface area (Å²) in [5.41, 5.74) is 0. The Morgan fingerprint density at radius 1 is 1.47 bits per heavy atom. The van der Waals surface area contributed by atoms with Gasteiger partial charge in [0, 0.05) is 18.9 Å². The van der Waals surface area contributed by atoms with Gasteiger partial charge >= 0.3 is 6.09 Å². The van der Waals surface area contributed by atoms with Crippen LogP contribution in [0, 0.1) is 5.92 Å². The summed E-state index contributed by atoms with van der Waals surface area (Å²) in [6.07, 6.45) is 1.42. The van der Waals surface area contributed by atoms with E-state index in [0.717, 1.165) is 25.0 Å². The number of thioether (sulfide) groups is 1. The minimum Gasteiger partial charge on any atom is -0.465 e. The van der Waals surface area contributed by atoms with Crippen LogP contribution in [0.3, 0.4) is 0 Å². The maximum Gasteiger partial charge on any atom is 0.404 e. The van der Waals surface area contributed by atoms with Crippen molar-refractivity contribution in [1.82, 2.24) is 5.32 Å². The molecule has 6 heteroatoms. The molecule has 1 heterocycles. The zero-order valence-electron chi connectivity index (χ0n) is 11.6. The number of amides is 1. The second kappa shape index (κ2) is 6.33. The summed E-state index contributed by atoms with van der Waals surface area (Å²) in [5.74, 6) is 0.769. The molecular weight excluding hydrogens is 266 g/mol. The minimum absolute atomic E-state index is 0.0159. The van der Waals surface area contributed by atoms with E-state index in [-0.39, 0.29) is 12.0 Å². The van der Waals surface area contributed by atoms with Crippen molar-refractivity contribution < 1.29 is 19.4 Å². The highest BCUT2D eigenvalue weighted by Crippen LogP contribution is 2.40. The number of carbonyl (C=O) groups is 1. The first-order valence-corrected chi connectivity index (χ1v) is 7.95. The van der Waals surface area contributed by atoms with Crippen molar-refractivity contribution in [3.05, 3.63) is 0 Å². The van der Waals surface area contributed by atoms with E-state index in [0.29, 0.717) is 18.5 Å². The van der Waals surface area contributed by atoms with E-state index in [1.54, 1.807) is 0 Å². The minimum atomic E-state index is -0.936. The summed E-state index contributed by atoms with van der Waals surface area (Å²) in [7, 11) is 0. The van der Waals surface area contributed by atoms with Crippen molar-refractivity contribution in [1.29, 1.82) is 0 Å². The summed E-state index contributed by atoms with van der Waals surface area (Å²) < 4.78 is 11.5. The Morgan fingerprint density at radius 2 is 2.16 bits per heavy atom. The molecule has 2 rings (SSSR count). The van der Waals surface area contributed by atoms with Gasteiger partial charge in [0.15, 0.2) is 5.79 Å². The third kappa shape index (κ3) is 4.00. The number of carboxylic acid groups (broad SMARTS) is 1. The predicted octanol–water partition coefficient (Wildman–Crippen LogP) is 2.31. The Kier molecular flexibility index (Phi) is 4.97. The largest absolute Gasteiger partial charge is 0.465 e. The maximum atomic E-state index is 10.9. The number of rotatable bonds is 4. The average Bonchev–Trinajstić information content (AvgIpc) is 2.77. The first-order valence-electron chi connectivity index (χ1n) is 6.90. The monoisotopic (exact) mass is 289 g/mol. The molecule has 2 N–H and O–H groups in total. The van der Waals surface area contributed by atoms with Crippen LogP contribution >= 0.6 is 11.8 Å². The number of hydrogen-bond donors (Lipinski definition) is 2. The molecule has 1 aliphatic carbocycles. The van der Waals surface area contributed by atoms with Gasteiger partial charge in [0.25, 0.3) is 0 Å². The van der Waals surface area contributed by atoms with E-state index >= 15 is 0 Å². The summed E-state index contributed by atoms with van der Waals surface area (Å²) >= 11 is 1.87.